The van der Waals surface area contributed by atoms with Gasteiger partial charge in [-0.3, -0.25) is 9.69 Å². The van der Waals surface area contributed by atoms with Crippen LogP contribution < -0.4 is 4.74 Å². The van der Waals surface area contributed by atoms with Crippen molar-refractivity contribution in [3.05, 3.63) is 29.8 Å². The molecule has 4 nitrogen and oxygen atoms in total. The number of likely N-dealkylation sites (tertiary alicyclic amines) is 1. The minimum Gasteiger partial charge on any atom is -0.497 e. The zero-order chi connectivity index (χ0) is 14.4. The number of carboxylic acids is 1. The highest BCUT2D eigenvalue weighted by molar-refractivity contribution is 5.69. The van der Waals surface area contributed by atoms with E-state index >= 15 is 0 Å². The van der Waals surface area contributed by atoms with Gasteiger partial charge in [-0.15, -0.1) is 0 Å². The van der Waals surface area contributed by atoms with Gasteiger partial charge in [0.2, 0.25) is 0 Å². The highest BCUT2D eigenvalue weighted by Crippen LogP contribution is 2.23. The summed E-state index contributed by atoms with van der Waals surface area (Å²) in [7, 11) is 1.68. The highest BCUT2D eigenvalue weighted by atomic mass is 16.5. The van der Waals surface area contributed by atoms with E-state index in [0.29, 0.717) is 0 Å². The molecule has 1 aromatic rings. The molecule has 0 atom stereocenters. The summed E-state index contributed by atoms with van der Waals surface area (Å²) in [6, 6.07) is 8.26. The molecule has 0 bridgehead atoms. The van der Waals surface area contributed by atoms with E-state index in [0.717, 1.165) is 44.0 Å². The van der Waals surface area contributed by atoms with Crippen LogP contribution in [0.25, 0.3) is 0 Å². The summed E-state index contributed by atoms with van der Waals surface area (Å²) in [5.74, 6) is 0.902. The van der Waals surface area contributed by atoms with E-state index in [1.54, 1.807) is 7.11 Å². The van der Waals surface area contributed by atoms with Crippen LogP contribution in [0.2, 0.25) is 0 Å². The van der Waals surface area contributed by atoms with E-state index in [1.807, 2.05) is 17.0 Å². The van der Waals surface area contributed by atoms with Gasteiger partial charge in [0.25, 0.3) is 0 Å². The summed E-state index contributed by atoms with van der Waals surface area (Å²) in [6.07, 6.45) is 4.51. The van der Waals surface area contributed by atoms with E-state index in [1.165, 1.54) is 12.0 Å². The van der Waals surface area contributed by atoms with E-state index in [9.17, 15) is 4.79 Å². The molecule has 1 heterocycles. The monoisotopic (exact) mass is 277 g/mol. The van der Waals surface area contributed by atoms with Crippen LogP contribution in [0, 0.1) is 5.92 Å². The molecule has 2 rings (SSSR count). The summed E-state index contributed by atoms with van der Waals surface area (Å²) in [6.45, 7) is 2.02. The molecular formula is C16H23NO3. The molecule has 0 aliphatic carbocycles. The van der Waals surface area contributed by atoms with Crippen molar-refractivity contribution in [2.75, 3.05) is 26.7 Å². The summed E-state index contributed by atoms with van der Waals surface area (Å²) in [4.78, 5) is 12.7. The van der Waals surface area contributed by atoms with Gasteiger partial charge in [-0.1, -0.05) is 12.1 Å². The first-order valence-corrected chi connectivity index (χ1v) is 7.24. The minimum absolute atomic E-state index is 0.186. The number of carboxylic acid groups (broad SMARTS) is 1. The van der Waals surface area contributed by atoms with E-state index in [-0.39, 0.29) is 6.54 Å². The number of methoxy groups -OCH3 is 1. The zero-order valence-corrected chi connectivity index (χ0v) is 12.0. The summed E-state index contributed by atoms with van der Waals surface area (Å²) in [5, 5.41) is 8.77. The largest absolute Gasteiger partial charge is 0.497 e. The Bertz CT molecular complexity index is 422. The molecule has 1 aliphatic rings. The number of aryl methyl sites for hydroxylation is 1. The first-order valence-electron chi connectivity index (χ1n) is 7.24. The number of aliphatic carboxylic acids is 1. The van der Waals surface area contributed by atoms with Gasteiger partial charge in [-0.2, -0.15) is 0 Å². The van der Waals surface area contributed by atoms with Crippen LogP contribution in [-0.2, 0) is 11.2 Å². The Labute approximate surface area is 120 Å². The maximum atomic E-state index is 10.7. The maximum Gasteiger partial charge on any atom is 0.317 e. The van der Waals surface area contributed by atoms with Crippen molar-refractivity contribution in [1.29, 1.82) is 0 Å². The van der Waals surface area contributed by atoms with Crippen LogP contribution in [0.5, 0.6) is 5.75 Å². The molecule has 4 heteroatoms. The molecule has 1 N–H and O–H groups in total. The van der Waals surface area contributed by atoms with E-state index in [4.69, 9.17) is 9.84 Å². The Balaban J connectivity index is 1.71. The van der Waals surface area contributed by atoms with E-state index < -0.39 is 5.97 Å². The molecule has 0 saturated carbocycles. The molecule has 0 radical (unpaired) electrons. The lowest BCUT2D eigenvalue weighted by Crippen LogP contribution is -2.37. The van der Waals surface area contributed by atoms with Crippen LogP contribution in [0.15, 0.2) is 24.3 Å². The number of ether oxygens (including phenoxy) is 1. The van der Waals surface area contributed by atoms with Gasteiger partial charge in [0.1, 0.15) is 5.75 Å². The van der Waals surface area contributed by atoms with Crippen molar-refractivity contribution >= 4 is 5.97 Å². The number of benzene rings is 1. The molecule has 20 heavy (non-hydrogen) atoms. The fourth-order valence-corrected chi connectivity index (χ4v) is 2.79. The minimum atomic E-state index is -0.721. The second-order valence-corrected chi connectivity index (χ2v) is 5.50. The second-order valence-electron chi connectivity index (χ2n) is 5.50. The Hall–Kier alpha value is -1.55. The predicted molar refractivity (Wildman–Crippen MR) is 78.1 cm³/mol. The van der Waals surface area contributed by atoms with Gasteiger partial charge in [0.15, 0.2) is 0 Å². The molecule has 1 aromatic carbocycles. The standard InChI is InChI=1S/C16H23NO3/c1-20-15-6-4-13(5-7-15)2-3-14-8-10-17(11-9-14)12-16(18)19/h4-7,14H,2-3,8-12H2,1H3,(H,18,19). The molecular weight excluding hydrogens is 254 g/mol. The molecule has 0 aromatic heterocycles. The van der Waals surface area contributed by atoms with Gasteiger partial charge in [-0.05, 0) is 62.4 Å². The topological polar surface area (TPSA) is 49.8 Å². The van der Waals surface area contributed by atoms with Gasteiger partial charge in [-0.25, -0.2) is 0 Å². The smallest absolute Gasteiger partial charge is 0.317 e. The average Bonchev–Trinajstić information content (AvgIpc) is 2.46. The van der Waals surface area contributed by atoms with Crippen molar-refractivity contribution in [3.63, 3.8) is 0 Å². The Morgan fingerprint density at radius 1 is 1.30 bits per heavy atom. The van der Waals surface area contributed by atoms with Crippen molar-refractivity contribution in [2.24, 2.45) is 5.92 Å². The van der Waals surface area contributed by atoms with Crippen molar-refractivity contribution in [2.45, 2.75) is 25.7 Å². The first-order chi connectivity index (χ1) is 9.67. The maximum absolute atomic E-state index is 10.7. The molecule has 1 fully saturated rings. The third-order valence-corrected chi connectivity index (χ3v) is 4.07. The number of hydrogen-bond donors (Lipinski definition) is 1. The van der Waals surface area contributed by atoms with Crippen LogP contribution in [0.1, 0.15) is 24.8 Å². The molecule has 0 amide bonds. The van der Waals surface area contributed by atoms with Crippen molar-refractivity contribution in [1.82, 2.24) is 4.90 Å². The van der Waals surface area contributed by atoms with Crippen LogP contribution in [0.3, 0.4) is 0 Å². The van der Waals surface area contributed by atoms with Gasteiger partial charge < -0.3 is 9.84 Å². The predicted octanol–water partition coefficient (Wildman–Crippen LogP) is 2.42. The fraction of sp³-hybridized carbons (Fsp3) is 0.562. The van der Waals surface area contributed by atoms with Crippen LogP contribution >= 0.6 is 0 Å². The number of carbonyl (C=O) groups is 1. The molecule has 1 aliphatic heterocycles. The number of rotatable bonds is 6. The molecule has 110 valence electrons. The van der Waals surface area contributed by atoms with Gasteiger partial charge in [0, 0.05) is 0 Å². The Morgan fingerprint density at radius 2 is 1.95 bits per heavy atom. The number of piperidine rings is 1. The lowest BCUT2D eigenvalue weighted by molar-refractivity contribution is -0.138. The fourth-order valence-electron chi connectivity index (χ4n) is 2.79. The molecule has 0 spiro atoms. The molecule has 1 saturated heterocycles. The quantitative estimate of drug-likeness (QED) is 0.867. The van der Waals surface area contributed by atoms with Crippen LogP contribution in [0.4, 0.5) is 0 Å². The molecule has 0 unspecified atom stereocenters. The van der Waals surface area contributed by atoms with Crippen molar-refractivity contribution in [3.8, 4) is 5.75 Å². The average molecular weight is 277 g/mol. The zero-order valence-electron chi connectivity index (χ0n) is 12.0. The van der Waals surface area contributed by atoms with E-state index in [2.05, 4.69) is 12.1 Å². The second kappa shape index (κ2) is 7.29. The summed E-state index contributed by atoms with van der Waals surface area (Å²) >= 11 is 0. The third kappa shape index (κ3) is 4.53. The van der Waals surface area contributed by atoms with Gasteiger partial charge in [0.05, 0.1) is 13.7 Å². The Morgan fingerprint density at radius 3 is 2.50 bits per heavy atom. The van der Waals surface area contributed by atoms with Crippen LogP contribution in [-0.4, -0.2) is 42.7 Å². The number of hydrogen-bond acceptors (Lipinski definition) is 3. The highest BCUT2D eigenvalue weighted by Gasteiger charge is 2.20. The SMILES string of the molecule is COc1ccc(CCC2CCN(CC(=O)O)CC2)cc1. The van der Waals surface area contributed by atoms with Gasteiger partial charge >= 0.3 is 5.97 Å². The van der Waals surface area contributed by atoms with Crippen molar-refractivity contribution < 1.29 is 14.6 Å². The Kier molecular flexibility index (Phi) is 5.41. The number of nitrogens with zero attached hydrogens (tertiary/aromatic N) is 1. The lowest BCUT2D eigenvalue weighted by atomic mass is 9.90. The lowest BCUT2D eigenvalue weighted by Gasteiger charge is -2.30. The first kappa shape index (κ1) is 14.9. The summed E-state index contributed by atoms with van der Waals surface area (Å²) in [5.41, 5.74) is 1.35. The normalized spacial score (nSPS) is 17.1. The third-order valence-electron chi connectivity index (χ3n) is 4.07. The summed E-state index contributed by atoms with van der Waals surface area (Å²) < 4.78 is 5.15.